The summed E-state index contributed by atoms with van der Waals surface area (Å²) < 4.78 is 18.9. The van der Waals surface area contributed by atoms with Crippen LogP contribution in [0.3, 0.4) is 0 Å². The largest absolute Gasteiger partial charge is 0.483 e. The molecule has 0 bridgehead atoms. The van der Waals surface area contributed by atoms with Crippen LogP contribution in [0.25, 0.3) is 6.08 Å². The van der Waals surface area contributed by atoms with Gasteiger partial charge in [-0.1, -0.05) is 30.3 Å². The number of nitrogens with one attached hydrogen (secondary N) is 1. The predicted molar refractivity (Wildman–Crippen MR) is 100 cm³/mol. The Balaban J connectivity index is 1.57. The van der Waals surface area contributed by atoms with Crippen molar-refractivity contribution >= 4 is 17.9 Å². The van der Waals surface area contributed by atoms with Gasteiger partial charge >= 0.3 is 0 Å². The van der Waals surface area contributed by atoms with Crippen molar-refractivity contribution in [3.8, 4) is 5.75 Å². The lowest BCUT2D eigenvalue weighted by molar-refractivity contribution is -0.133. The highest BCUT2D eigenvalue weighted by atomic mass is 19.1. The number of hydrogen-bond acceptors (Lipinski definition) is 3. The third-order valence-electron chi connectivity index (χ3n) is 4.30. The topological polar surface area (TPSA) is 58.6 Å². The van der Waals surface area contributed by atoms with E-state index in [-0.39, 0.29) is 30.8 Å². The first kappa shape index (κ1) is 18.6. The fourth-order valence-electron chi connectivity index (χ4n) is 2.85. The smallest absolute Gasteiger partial charge is 0.260 e. The van der Waals surface area contributed by atoms with Crippen LogP contribution in [0.5, 0.6) is 5.75 Å². The van der Waals surface area contributed by atoms with E-state index < -0.39 is 0 Å². The fourth-order valence-corrected chi connectivity index (χ4v) is 2.85. The van der Waals surface area contributed by atoms with Crippen LogP contribution in [0.4, 0.5) is 4.39 Å². The Hall–Kier alpha value is -3.15. The third kappa shape index (κ3) is 4.94. The zero-order valence-corrected chi connectivity index (χ0v) is 15.1. The molecule has 0 saturated carbocycles. The highest BCUT2D eigenvalue weighted by molar-refractivity contribution is 5.97. The lowest BCUT2D eigenvalue weighted by Crippen LogP contribution is -2.39. The summed E-state index contributed by atoms with van der Waals surface area (Å²) in [5.74, 6) is -0.249. The second-order valence-electron chi connectivity index (χ2n) is 6.35. The number of nitrogens with zero attached hydrogens (tertiary/aromatic N) is 1. The molecule has 5 nitrogen and oxygen atoms in total. The number of amides is 2. The average molecular weight is 368 g/mol. The molecule has 6 heteroatoms. The summed E-state index contributed by atoms with van der Waals surface area (Å²) in [6.07, 6.45) is 1.80. The van der Waals surface area contributed by atoms with Gasteiger partial charge in [0, 0.05) is 30.8 Å². The maximum Gasteiger partial charge on any atom is 0.260 e. The summed E-state index contributed by atoms with van der Waals surface area (Å²) in [5, 5.41) is 2.81. The molecule has 3 rings (SSSR count). The van der Waals surface area contributed by atoms with Gasteiger partial charge in [-0.15, -0.1) is 0 Å². The van der Waals surface area contributed by atoms with E-state index in [4.69, 9.17) is 4.74 Å². The van der Waals surface area contributed by atoms with Gasteiger partial charge in [-0.25, -0.2) is 4.39 Å². The zero-order valence-electron chi connectivity index (χ0n) is 15.1. The first-order valence-electron chi connectivity index (χ1n) is 8.73. The summed E-state index contributed by atoms with van der Waals surface area (Å²) in [6, 6.07) is 13.8. The van der Waals surface area contributed by atoms with E-state index in [2.05, 4.69) is 5.32 Å². The Kier molecular flexibility index (Phi) is 5.86. The van der Waals surface area contributed by atoms with E-state index in [0.29, 0.717) is 30.0 Å². The van der Waals surface area contributed by atoms with Gasteiger partial charge in [0.05, 0.1) is 0 Å². The Morgan fingerprint density at radius 2 is 2.04 bits per heavy atom. The standard InChI is InChI=1S/C21H21FN2O3/c1-15(11-16-5-3-2-4-6-16)21(26)23-9-10-24-13-17-12-18(22)7-8-19(17)27-14-20(24)25/h2-8,11-12H,9-10,13-14H2,1H3,(H,23,26)/b15-11+. The van der Waals surface area contributed by atoms with Crippen LogP contribution in [0, 0.1) is 5.82 Å². The predicted octanol–water partition coefficient (Wildman–Crippen LogP) is 2.77. The summed E-state index contributed by atoms with van der Waals surface area (Å²) in [6.45, 7) is 2.52. The minimum absolute atomic E-state index is 0.0977. The van der Waals surface area contributed by atoms with Crippen LogP contribution in [-0.4, -0.2) is 36.4 Å². The van der Waals surface area contributed by atoms with Gasteiger partial charge in [-0.3, -0.25) is 9.59 Å². The van der Waals surface area contributed by atoms with Gasteiger partial charge in [0.25, 0.3) is 5.91 Å². The third-order valence-corrected chi connectivity index (χ3v) is 4.30. The van der Waals surface area contributed by atoms with E-state index in [9.17, 15) is 14.0 Å². The van der Waals surface area contributed by atoms with Gasteiger partial charge < -0.3 is 15.0 Å². The van der Waals surface area contributed by atoms with Crippen molar-refractivity contribution < 1.29 is 18.7 Å². The molecule has 1 heterocycles. The minimum atomic E-state index is -0.373. The second-order valence-corrected chi connectivity index (χ2v) is 6.35. The molecule has 0 atom stereocenters. The number of halogens is 1. The van der Waals surface area contributed by atoms with Crippen LogP contribution in [0.2, 0.25) is 0 Å². The van der Waals surface area contributed by atoms with Crippen molar-refractivity contribution in [2.75, 3.05) is 19.7 Å². The molecule has 1 N–H and O–H groups in total. The molecule has 0 spiro atoms. The van der Waals surface area contributed by atoms with Crippen molar-refractivity contribution in [3.63, 3.8) is 0 Å². The fraction of sp³-hybridized carbons (Fsp3) is 0.238. The molecule has 2 aromatic rings. The van der Waals surface area contributed by atoms with Gasteiger partial charge in [-0.05, 0) is 36.8 Å². The molecule has 0 fully saturated rings. The Morgan fingerprint density at radius 3 is 2.81 bits per heavy atom. The zero-order chi connectivity index (χ0) is 19.2. The second kappa shape index (κ2) is 8.49. The molecular weight excluding hydrogens is 347 g/mol. The van der Waals surface area contributed by atoms with E-state index >= 15 is 0 Å². The number of benzene rings is 2. The minimum Gasteiger partial charge on any atom is -0.483 e. The summed E-state index contributed by atoms with van der Waals surface area (Å²) in [5.41, 5.74) is 2.15. The highest BCUT2D eigenvalue weighted by Gasteiger charge is 2.21. The van der Waals surface area contributed by atoms with Crippen LogP contribution < -0.4 is 10.1 Å². The van der Waals surface area contributed by atoms with Gasteiger partial charge in [-0.2, -0.15) is 0 Å². The summed E-state index contributed by atoms with van der Waals surface area (Å²) >= 11 is 0. The molecule has 1 aliphatic heterocycles. The van der Waals surface area contributed by atoms with E-state index in [1.165, 1.54) is 18.2 Å². The number of hydrogen-bond donors (Lipinski definition) is 1. The first-order chi connectivity index (χ1) is 13.0. The van der Waals surface area contributed by atoms with E-state index in [1.807, 2.05) is 30.3 Å². The molecule has 0 saturated heterocycles. The van der Waals surface area contributed by atoms with Crippen molar-refractivity contribution in [2.45, 2.75) is 13.5 Å². The molecule has 0 aliphatic carbocycles. The molecular formula is C21H21FN2O3. The Bertz CT molecular complexity index is 865. The normalized spacial score (nSPS) is 14.2. The van der Waals surface area contributed by atoms with Crippen molar-refractivity contribution in [2.24, 2.45) is 0 Å². The quantitative estimate of drug-likeness (QED) is 0.826. The van der Waals surface area contributed by atoms with Crippen LogP contribution in [0.1, 0.15) is 18.1 Å². The van der Waals surface area contributed by atoms with Crippen molar-refractivity contribution in [1.29, 1.82) is 0 Å². The lowest BCUT2D eigenvalue weighted by atomic mass is 10.1. The van der Waals surface area contributed by atoms with Crippen LogP contribution >= 0.6 is 0 Å². The SMILES string of the molecule is C/C(=C\c1ccccc1)C(=O)NCCN1Cc2cc(F)ccc2OCC1=O. The average Bonchev–Trinajstić information content (AvgIpc) is 2.81. The monoisotopic (exact) mass is 368 g/mol. The number of fused-ring (bicyclic) bond motifs is 1. The number of rotatable bonds is 5. The maximum absolute atomic E-state index is 13.5. The summed E-state index contributed by atoms with van der Waals surface area (Å²) in [7, 11) is 0. The molecule has 27 heavy (non-hydrogen) atoms. The molecule has 2 amide bonds. The van der Waals surface area contributed by atoms with Crippen LogP contribution in [0.15, 0.2) is 54.1 Å². The van der Waals surface area contributed by atoms with Crippen LogP contribution in [-0.2, 0) is 16.1 Å². The molecule has 0 radical (unpaired) electrons. The van der Waals surface area contributed by atoms with E-state index in [0.717, 1.165) is 5.56 Å². The molecule has 140 valence electrons. The summed E-state index contributed by atoms with van der Waals surface area (Å²) in [4.78, 5) is 26.0. The molecule has 0 aromatic heterocycles. The van der Waals surface area contributed by atoms with E-state index in [1.54, 1.807) is 17.9 Å². The van der Waals surface area contributed by atoms with Gasteiger partial charge in [0.1, 0.15) is 11.6 Å². The van der Waals surface area contributed by atoms with Crippen molar-refractivity contribution in [3.05, 3.63) is 71.0 Å². The van der Waals surface area contributed by atoms with Crippen molar-refractivity contribution in [1.82, 2.24) is 10.2 Å². The number of ether oxygens (including phenoxy) is 1. The molecule has 1 aliphatic rings. The lowest BCUT2D eigenvalue weighted by Gasteiger charge is -2.20. The Morgan fingerprint density at radius 1 is 1.26 bits per heavy atom. The first-order valence-corrected chi connectivity index (χ1v) is 8.73. The highest BCUT2D eigenvalue weighted by Crippen LogP contribution is 2.24. The van der Waals surface area contributed by atoms with Gasteiger partial charge in [0.15, 0.2) is 6.61 Å². The number of carbonyl (C=O) groups excluding carboxylic acids is 2. The maximum atomic E-state index is 13.5. The van der Waals surface area contributed by atoms with Gasteiger partial charge in [0.2, 0.25) is 5.91 Å². The number of carbonyl (C=O) groups is 2. The molecule has 2 aromatic carbocycles. The Labute approximate surface area is 157 Å². The molecule has 0 unspecified atom stereocenters.